The average Bonchev–Trinajstić information content (AvgIpc) is 2.64. The number of rotatable bonds is 9. The average molecular weight is 349 g/mol. The van der Waals surface area contributed by atoms with Gasteiger partial charge in [-0.05, 0) is 31.0 Å². The summed E-state index contributed by atoms with van der Waals surface area (Å²) in [5.74, 6) is 1.29. The van der Waals surface area contributed by atoms with Gasteiger partial charge in [-0.1, -0.05) is 20.3 Å². The number of unbranched alkanes of at least 4 members (excludes halogenated alkanes) is 1. The number of piperidine rings is 1. The van der Waals surface area contributed by atoms with Crippen LogP contribution in [-0.4, -0.2) is 45.3 Å². The van der Waals surface area contributed by atoms with E-state index in [1.54, 1.807) is 18.1 Å². The monoisotopic (exact) mass is 349 g/mol. The molecular formula is C20H33N2O3+. The van der Waals surface area contributed by atoms with Crippen LogP contribution >= 0.6 is 0 Å². The third-order valence-electron chi connectivity index (χ3n) is 4.81. The summed E-state index contributed by atoms with van der Waals surface area (Å²) in [5.41, 5.74) is 0.628. The zero-order valence-corrected chi connectivity index (χ0v) is 15.9. The third kappa shape index (κ3) is 5.92. The molecule has 0 aliphatic carbocycles. The fraction of sp³-hybridized carbons (Fsp3) is 0.650. The first kappa shape index (κ1) is 19.6. The molecule has 1 saturated heterocycles. The van der Waals surface area contributed by atoms with Gasteiger partial charge in [-0.15, -0.1) is 0 Å². The minimum absolute atomic E-state index is 0.0256. The van der Waals surface area contributed by atoms with Gasteiger partial charge >= 0.3 is 0 Å². The van der Waals surface area contributed by atoms with Crippen LogP contribution in [0.5, 0.6) is 11.5 Å². The van der Waals surface area contributed by atoms with Crippen molar-refractivity contribution >= 4 is 5.91 Å². The lowest BCUT2D eigenvalue weighted by molar-refractivity contribution is -0.905. The summed E-state index contributed by atoms with van der Waals surface area (Å²) in [7, 11) is 1.61. The van der Waals surface area contributed by atoms with Crippen LogP contribution in [0.2, 0.25) is 0 Å². The van der Waals surface area contributed by atoms with E-state index in [9.17, 15) is 4.79 Å². The standard InChI is InChI=1S/C20H32N2O3/c1-4-6-14-25-18-8-7-16(15-19(18)24-3)20(23)21-17-9-12-22(11-5-2)13-10-17/h7-8,15,17H,4-6,9-14H2,1-3H3,(H,21,23)/p+1. The molecule has 1 aliphatic rings. The molecule has 1 fully saturated rings. The zero-order valence-electron chi connectivity index (χ0n) is 15.9. The Morgan fingerprint density at radius 1 is 1.20 bits per heavy atom. The summed E-state index contributed by atoms with van der Waals surface area (Å²) in [6, 6.07) is 5.70. The first-order valence-corrected chi connectivity index (χ1v) is 9.63. The van der Waals surface area contributed by atoms with Gasteiger partial charge in [0.1, 0.15) is 0 Å². The van der Waals surface area contributed by atoms with E-state index in [2.05, 4.69) is 19.2 Å². The van der Waals surface area contributed by atoms with Crippen LogP contribution in [0, 0.1) is 0 Å². The summed E-state index contributed by atoms with van der Waals surface area (Å²) in [6.07, 6.45) is 5.41. The fourth-order valence-corrected chi connectivity index (χ4v) is 3.30. The highest BCUT2D eigenvalue weighted by molar-refractivity contribution is 5.95. The van der Waals surface area contributed by atoms with Crippen LogP contribution in [0.3, 0.4) is 0 Å². The predicted octanol–water partition coefficient (Wildman–Crippen LogP) is 2.06. The van der Waals surface area contributed by atoms with E-state index in [-0.39, 0.29) is 11.9 Å². The van der Waals surface area contributed by atoms with Crippen molar-refractivity contribution in [2.45, 2.75) is 52.0 Å². The summed E-state index contributed by atoms with van der Waals surface area (Å²) in [6.45, 7) is 8.54. The SMILES string of the molecule is CCCCOc1ccc(C(=O)NC2CC[NH+](CCC)CC2)cc1OC. The molecule has 0 radical (unpaired) electrons. The number of hydrogen-bond donors (Lipinski definition) is 2. The van der Waals surface area contributed by atoms with Crippen molar-refractivity contribution in [3.63, 3.8) is 0 Å². The van der Waals surface area contributed by atoms with Gasteiger partial charge in [0.05, 0.1) is 33.4 Å². The summed E-state index contributed by atoms with van der Waals surface area (Å²) in [4.78, 5) is 14.2. The van der Waals surface area contributed by atoms with Gasteiger partial charge in [0.2, 0.25) is 0 Å². The number of quaternary nitrogens is 1. The lowest BCUT2D eigenvalue weighted by Gasteiger charge is -2.29. The largest absolute Gasteiger partial charge is 0.493 e. The van der Waals surface area contributed by atoms with Crippen molar-refractivity contribution in [1.29, 1.82) is 0 Å². The van der Waals surface area contributed by atoms with Gasteiger partial charge in [-0.3, -0.25) is 4.79 Å². The summed E-state index contributed by atoms with van der Waals surface area (Å²) in [5, 5.41) is 3.17. The minimum atomic E-state index is -0.0256. The molecule has 1 aromatic rings. The highest BCUT2D eigenvalue weighted by Crippen LogP contribution is 2.28. The van der Waals surface area contributed by atoms with E-state index < -0.39 is 0 Å². The second-order valence-electron chi connectivity index (χ2n) is 6.82. The molecule has 140 valence electrons. The van der Waals surface area contributed by atoms with Crippen molar-refractivity contribution in [2.75, 3.05) is 33.4 Å². The normalized spacial score (nSPS) is 20.1. The van der Waals surface area contributed by atoms with Crippen LogP contribution in [-0.2, 0) is 0 Å². The summed E-state index contributed by atoms with van der Waals surface area (Å²) < 4.78 is 11.1. The fourth-order valence-electron chi connectivity index (χ4n) is 3.30. The van der Waals surface area contributed by atoms with E-state index >= 15 is 0 Å². The molecule has 5 heteroatoms. The van der Waals surface area contributed by atoms with Crippen molar-refractivity contribution in [3.8, 4) is 11.5 Å². The van der Waals surface area contributed by atoms with E-state index in [1.165, 1.54) is 13.0 Å². The highest BCUT2D eigenvalue weighted by atomic mass is 16.5. The second kappa shape index (κ2) is 10.3. The molecule has 1 heterocycles. The van der Waals surface area contributed by atoms with Gasteiger partial charge in [-0.2, -0.15) is 0 Å². The van der Waals surface area contributed by atoms with E-state index in [1.807, 2.05) is 12.1 Å². The molecule has 0 spiro atoms. The number of likely N-dealkylation sites (tertiary alicyclic amines) is 1. The Morgan fingerprint density at radius 3 is 2.60 bits per heavy atom. The smallest absolute Gasteiger partial charge is 0.251 e. The number of ether oxygens (including phenoxy) is 2. The number of nitrogens with one attached hydrogen (secondary N) is 2. The van der Waals surface area contributed by atoms with Gasteiger partial charge in [0.25, 0.3) is 5.91 Å². The highest BCUT2D eigenvalue weighted by Gasteiger charge is 2.23. The number of carbonyl (C=O) groups excluding carboxylic acids is 1. The lowest BCUT2D eigenvalue weighted by Crippen LogP contribution is -3.13. The third-order valence-corrected chi connectivity index (χ3v) is 4.81. The van der Waals surface area contributed by atoms with Crippen LogP contribution in [0.1, 0.15) is 56.3 Å². The second-order valence-corrected chi connectivity index (χ2v) is 6.82. The molecule has 2 N–H and O–H groups in total. The first-order chi connectivity index (χ1) is 12.2. The van der Waals surface area contributed by atoms with Gasteiger partial charge < -0.3 is 19.7 Å². The summed E-state index contributed by atoms with van der Waals surface area (Å²) >= 11 is 0. The number of carbonyl (C=O) groups is 1. The molecule has 0 saturated carbocycles. The van der Waals surface area contributed by atoms with Gasteiger partial charge in [0, 0.05) is 24.4 Å². The first-order valence-electron chi connectivity index (χ1n) is 9.63. The predicted molar refractivity (Wildman–Crippen MR) is 99.7 cm³/mol. The van der Waals surface area contributed by atoms with E-state index in [4.69, 9.17) is 9.47 Å². The quantitative estimate of drug-likeness (QED) is 0.671. The Balaban J connectivity index is 1.91. The molecule has 1 aliphatic heterocycles. The van der Waals surface area contributed by atoms with Crippen LogP contribution in [0.4, 0.5) is 0 Å². The Hall–Kier alpha value is -1.75. The number of benzene rings is 1. The minimum Gasteiger partial charge on any atom is -0.493 e. The molecule has 0 bridgehead atoms. The molecule has 5 nitrogen and oxygen atoms in total. The molecule has 1 amide bonds. The Labute approximate surface area is 151 Å². The van der Waals surface area contributed by atoms with Gasteiger partial charge in [0.15, 0.2) is 11.5 Å². The van der Waals surface area contributed by atoms with E-state index in [0.29, 0.717) is 23.7 Å². The maximum Gasteiger partial charge on any atom is 0.251 e. The van der Waals surface area contributed by atoms with E-state index in [0.717, 1.165) is 38.8 Å². The van der Waals surface area contributed by atoms with Crippen LogP contribution in [0.15, 0.2) is 18.2 Å². The molecule has 0 atom stereocenters. The van der Waals surface area contributed by atoms with Crippen molar-refractivity contribution < 1.29 is 19.2 Å². The molecule has 0 unspecified atom stereocenters. The van der Waals surface area contributed by atoms with Gasteiger partial charge in [-0.25, -0.2) is 0 Å². The Kier molecular flexibility index (Phi) is 8.06. The molecule has 25 heavy (non-hydrogen) atoms. The van der Waals surface area contributed by atoms with Crippen molar-refractivity contribution in [3.05, 3.63) is 23.8 Å². The molecule has 1 aromatic carbocycles. The maximum atomic E-state index is 12.5. The van der Waals surface area contributed by atoms with Crippen molar-refractivity contribution in [1.82, 2.24) is 5.32 Å². The topological polar surface area (TPSA) is 52.0 Å². The number of hydrogen-bond acceptors (Lipinski definition) is 3. The number of methoxy groups -OCH3 is 1. The Bertz CT molecular complexity index is 540. The van der Waals surface area contributed by atoms with Crippen molar-refractivity contribution in [2.24, 2.45) is 0 Å². The Morgan fingerprint density at radius 2 is 1.96 bits per heavy atom. The van der Waals surface area contributed by atoms with Crippen LogP contribution < -0.4 is 19.7 Å². The maximum absolute atomic E-state index is 12.5. The lowest BCUT2D eigenvalue weighted by atomic mass is 10.0. The number of amides is 1. The van der Waals surface area contributed by atoms with Crippen LogP contribution in [0.25, 0.3) is 0 Å². The molecule has 2 rings (SSSR count). The molecular weight excluding hydrogens is 316 g/mol. The molecule has 0 aromatic heterocycles. The zero-order chi connectivity index (χ0) is 18.1.